The first-order valence-electron chi connectivity index (χ1n) is 23.7. The van der Waals surface area contributed by atoms with Gasteiger partial charge in [-0.05, 0) is 54.7 Å². The summed E-state index contributed by atoms with van der Waals surface area (Å²) in [5, 5.41) is 69.2. The van der Waals surface area contributed by atoms with E-state index in [0.717, 1.165) is 0 Å². The van der Waals surface area contributed by atoms with Crippen molar-refractivity contribution in [1.29, 1.82) is 0 Å². The van der Waals surface area contributed by atoms with E-state index in [1.807, 2.05) is 6.92 Å². The Morgan fingerprint density at radius 1 is 0.554 bits per heavy atom. The number of carbonyl (C=O) groups is 12. The van der Waals surface area contributed by atoms with Crippen molar-refractivity contribution in [3.8, 4) is 5.75 Å². The number of amides is 9. The molecule has 414 valence electrons. The standard InChI is InChI=1S/C46H72N10O17S/c1-7-24(6)38(47)45(71)49-18-34(59)48-19-35(60)50-29(16-25-8-10-26(58)11-9-25)41(67)56-33(21-74)44(70)55-32(20-57)43(69)51-27(12-13-36(61)62)39(65)52-28(14-22(2)3)40(66)53-30(17-37(63)64)42(68)54-31(46(72)73)15-23(4)5/h8-11,22-24,27-33,38,57-58,74H,7,12-21,47H2,1-6H3,(H,48,59)(H,49,71)(H,50,60)(H,51,69)(H,52,65)(H,53,66)(H,54,68)(H,55,70)(H,56,67)(H,61,62)(H,63,64)(H,72,73)/t24-,27-,28-,29-,30-,31-,32-,33-,38-/m0/s1. The minimum absolute atomic E-state index is 0.0338. The van der Waals surface area contributed by atoms with E-state index in [9.17, 15) is 83.1 Å². The highest BCUT2D eigenvalue weighted by molar-refractivity contribution is 7.80. The molecule has 16 N–H and O–H groups in total. The fourth-order valence-electron chi connectivity index (χ4n) is 6.70. The minimum Gasteiger partial charge on any atom is -0.508 e. The number of rotatable bonds is 34. The lowest BCUT2D eigenvalue weighted by Gasteiger charge is -2.27. The van der Waals surface area contributed by atoms with Crippen LogP contribution in [-0.4, -0.2) is 170 Å². The number of benzene rings is 1. The second kappa shape index (κ2) is 32.9. The summed E-state index contributed by atoms with van der Waals surface area (Å²) < 4.78 is 0. The van der Waals surface area contributed by atoms with Gasteiger partial charge in [0.1, 0.15) is 48.0 Å². The van der Waals surface area contributed by atoms with Crippen LogP contribution >= 0.6 is 12.6 Å². The maximum absolute atomic E-state index is 13.8. The maximum Gasteiger partial charge on any atom is 0.326 e. The van der Waals surface area contributed by atoms with Crippen molar-refractivity contribution in [2.24, 2.45) is 23.5 Å². The average Bonchev–Trinajstić information content (AvgIpc) is 3.32. The summed E-state index contributed by atoms with van der Waals surface area (Å²) in [7, 11) is 0. The molecule has 74 heavy (non-hydrogen) atoms. The van der Waals surface area contributed by atoms with Crippen LogP contribution < -0.4 is 53.6 Å². The molecule has 0 aromatic heterocycles. The van der Waals surface area contributed by atoms with Gasteiger partial charge in [-0.3, -0.25) is 52.7 Å². The van der Waals surface area contributed by atoms with Gasteiger partial charge in [0.15, 0.2) is 0 Å². The summed E-state index contributed by atoms with van der Waals surface area (Å²) in [6, 6.07) is -6.82. The lowest BCUT2D eigenvalue weighted by atomic mass is 9.99. The molecule has 0 radical (unpaired) electrons. The zero-order valence-corrected chi connectivity index (χ0v) is 43.0. The molecule has 1 aromatic rings. The Labute approximate surface area is 432 Å². The van der Waals surface area contributed by atoms with E-state index in [0.29, 0.717) is 12.0 Å². The molecule has 0 saturated carbocycles. The number of aliphatic hydroxyl groups is 1. The topological polar surface area (TPSA) is 440 Å². The summed E-state index contributed by atoms with van der Waals surface area (Å²) in [6.45, 7) is 7.96. The van der Waals surface area contributed by atoms with Crippen LogP contribution in [0.5, 0.6) is 5.75 Å². The second-order valence-electron chi connectivity index (χ2n) is 18.3. The zero-order chi connectivity index (χ0) is 56.4. The number of thiol groups is 1. The average molecular weight is 1070 g/mol. The Hall–Kier alpha value is -7.07. The van der Waals surface area contributed by atoms with Crippen LogP contribution in [0, 0.1) is 17.8 Å². The van der Waals surface area contributed by atoms with Crippen LogP contribution in [0.3, 0.4) is 0 Å². The lowest BCUT2D eigenvalue weighted by molar-refractivity contribution is -0.144. The molecule has 0 fully saturated rings. The van der Waals surface area contributed by atoms with Crippen molar-refractivity contribution in [3.05, 3.63) is 29.8 Å². The second-order valence-corrected chi connectivity index (χ2v) is 18.6. The van der Waals surface area contributed by atoms with Crippen LogP contribution in [0.25, 0.3) is 0 Å². The van der Waals surface area contributed by atoms with Crippen LogP contribution in [0.1, 0.15) is 85.6 Å². The number of nitrogens with two attached hydrogens (primary N) is 1. The van der Waals surface area contributed by atoms with Crippen molar-refractivity contribution >= 4 is 83.7 Å². The van der Waals surface area contributed by atoms with E-state index in [2.05, 4.69) is 60.5 Å². The number of hydrogen-bond donors (Lipinski definition) is 16. The summed E-state index contributed by atoms with van der Waals surface area (Å²) in [4.78, 5) is 154. The molecule has 0 heterocycles. The Balaban J connectivity index is 3.26. The largest absolute Gasteiger partial charge is 0.508 e. The van der Waals surface area contributed by atoms with Crippen LogP contribution in [0.4, 0.5) is 0 Å². The molecule has 0 spiro atoms. The first-order chi connectivity index (χ1) is 34.6. The number of carboxylic acids is 3. The highest BCUT2D eigenvalue weighted by Crippen LogP contribution is 2.13. The third kappa shape index (κ3) is 24.6. The van der Waals surface area contributed by atoms with Crippen LogP contribution in [0.15, 0.2) is 24.3 Å². The van der Waals surface area contributed by atoms with Gasteiger partial charge in [-0.15, -0.1) is 0 Å². The van der Waals surface area contributed by atoms with Crippen LogP contribution in [-0.2, 0) is 64.0 Å². The number of carboxylic acid groups (broad SMARTS) is 3. The van der Waals surface area contributed by atoms with Crippen molar-refractivity contribution in [1.82, 2.24) is 47.9 Å². The predicted octanol–water partition coefficient (Wildman–Crippen LogP) is -3.63. The van der Waals surface area contributed by atoms with E-state index in [1.54, 1.807) is 34.6 Å². The molecular weight excluding hydrogens is 997 g/mol. The van der Waals surface area contributed by atoms with E-state index in [-0.39, 0.29) is 42.8 Å². The van der Waals surface area contributed by atoms with Gasteiger partial charge in [0.25, 0.3) is 0 Å². The third-order valence-electron chi connectivity index (χ3n) is 11.0. The molecule has 27 nitrogen and oxygen atoms in total. The summed E-state index contributed by atoms with van der Waals surface area (Å²) in [6.07, 6.45) is -2.13. The quantitative estimate of drug-likeness (QED) is 0.0296. The number of phenolic OH excluding ortho intramolecular Hbond substituents is 1. The number of nitrogens with one attached hydrogen (secondary N) is 9. The number of hydrogen-bond acceptors (Lipinski definition) is 16. The normalized spacial score (nSPS) is 14.7. The molecular formula is C46H72N10O17S. The van der Waals surface area contributed by atoms with Gasteiger partial charge in [-0.25, -0.2) is 4.79 Å². The van der Waals surface area contributed by atoms with E-state index in [1.165, 1.54) is 24.3 Å². The van der Waals surface area contributed by atoms with Crippen molar-refractivity contribution in [3.63, 3.8) is 0 Å². The van der Waals surface area contributed by atoms with E-state index in [4.69, 9.17) is 5.73 Å². The fourth-order valence-corrected chi connectivity index (χ4v) is 6.96. The Bertz CT molecular complexity index is 2130. The highest BCUT2D eigenvalue weighted by atomic mass is 32.1. The molecule has 0 unspecified atom stereocenters. The minimum atomic E-state index is -1.87. The van der Waals surface area contributed by atoms with Gasteiger partial charge in [-0.2, -0.15) is 12.6 Å². The molecule has 9 amide bonds. The third-order valence-corrected chi connectivity index (χ3v) is 11.4. The summed E-state index contributed by atoms with van der Waals surface area (Å²) in [5.74, 6) is -14.6. The van der Waals surface area contributed by atoms with Crippen LogP contribution in [0.2, 0.25) is 0 Å². The molecule has 1 rings (SSSR count). The van der Waals surface area contributed by atoms with E-state index >= 15 is 0 Å². The van der Waals surface area contributed by atoms with E-state index < -0.39 is 164 Å². The molecule has 1 aromatic carbocycles. The zero-order valence-electron chi connectivity index (χ0n) is 42.1. The van der Waals surface area contributed by atoms with Crippen molar-refractivity contribution in [2.75, 3.05) is 25.4 Å². The number of phenols is 1. The first kappa shape index (κ1) is 64.9. The van der Waals surface area contributed by atoms with Gasteiger partial charge in [0.05, 0.1) is 32.2 Å². The van der Waals surface area contributed by atoms with Gasteiger partial charge >= 0.3 is 17.9 Å². The molecule has 0 saturated heterocycles. The molecule has 28 heteroatoms. The Kier molecular flexibility index (Phi) is 28.9. The predicted molar refractivity (Wildman–Crippen MR) is 265 cm³/mol. The Morgan fingerprint density at radius 3 is 1.54 bits per heavy atom. The maximum atomic E-state index is 13.8. The highest BCUT2D eigenvalue weighted by Gasteiger charge is 2.35. The first-order valence-corrected chi connectivity index (χ1v) is 24.3. The number of aromatic hydroxyl groups is 1. The number of aliphatic hydroxyl groups excluding tert-OH is 1. The lowest BCUT2D eigenvalue weighted by Crippen LogP contribution is -2.61. The molecule has 0 aliphatic carbocycles. The summed E-state index contributed by atoms with van der Waals surface area (Å²) in [5.41, 5.74) is 6.30. The fraction of sp³-hybridized carbons (Fsp3) is 0.609. The Morgan fingerprint density at radius 2 is 1.01 bits per heavy atom. The molecule has 9 atom stereocenters. The van der Waals surface area contributed by atoms with Crippen molar-refractivity contribution in [2.45, 2.75) is 135 Å². The van der Waals surface area contributed by atoms with Gasteiger partial charge in [0.2, 0.25) is 53.2 Å². The monoisotopic (exact) mass is 1070 g/mol. The van der Waals surface area contributed by atoms with Gasteiger partial charge in [-0.1, -0.05) is 60.1 Å². The van der Waals surface area contributed by atoms with Gasteiger partial charge in [0, 0.05) is 18.6 Å². The molecule has 0 bridgehead atoms. The smallest absolute Gasteiger partial charge is 0.326 e. The summed E-state index contributed by atoms with van der Waals surface area (Å²) >= 11 is 4.13. The van der Waals surface area contributed by atoms with Crippen molar-refractivity contribution < 1.29 is 83.1 Å². The SMILES string of the molecule is CC[C@H](C)[C@H](N)C(=O)NCC(=O)NCC(=O)N[C@@H](Cc1ccc(O)cc1)C(=O)N[C@@H](CS)C(=O)N[C@@H](CO)C(=O)N[C@@H](CCC(=O)O)C(=O)N[C@@H](CC(C)C)C(=O)N[C@@H](CC(=O)O)C(=O)N[C@@H](CC(C)C)C(=O)O. The number of aliphatic carboxylic acids is 3. The number of carbonyl (C=O) groups excluding carboxylic acids is 9. The van der Waals surface area contributed by atoms with Gasteiger partial charge < -0.3 is 79.1 Å². The molecule has 0 aliphatic heterocycles. The molecule has 0 aliphatic rings.